The molecule has 3 rings (SSSR count). The van der Waals surface area contributed by atoms with E-state index in [1.807, 2.05) is 0 Å². The van der Waals surface area contributed by atoms with Gasteiger partial charge >= 0.3 is 0 Å². The molecule has 0 radical (unpaired) electrons. The average molecular weight is 478 g/mol. The summed E-state index contributed by atoms with van der Waals surface area (Å²) in [4.78, 5) is 13.3. The van der Waals surface area contributed by atoms with Crippen molar-refractivity contribution in [1.82, 2.24) is 14.9 Å². The van der Waals surface area contributed by atoms with E-state index in [1.165, 1.54) is 38.6 Å². The fourth-order valence-electron chi connectivity index (χ4n) is 3.78. The van der Waals surface area contributed by atoms with Crippen LogP contribution in [0.25, 0.3) is 0 Å². The van der Waals surface area contributed by atoms with Crippen LogP contribution in [0, 0.1) is 5.92 Å². The Morgan fingerprint density at radius 2 is 1.57 bits per heavy atom. The molecule has 164 valence electrons. The van der Waals surface area contributed by atoms with Gasteiger partial charge in [0.15, 0.2) is 11.0 Å². The molecule has 1 aromatic rings. The lowest BCUT2D eigenvalue weighted by Crippen LogP contribution is -2.47. The second-order valence-electron chi connectivity index (χ2n) is 7.17. The first-order valence-electron chi connectivity index (χ1n) is 9.21. The van der Waals surface area contributed by atoms with Gasteiger partial charge in [-0.25, -0.2) is 9.97 Å². The van der Waals surface area contributed by atoms with Crippen LogP contribution in [-0.4, -0.2) is 59.1 Å². The Kier molecular flexibility index (Phi) is 13.2. The van der Waals surface area contributed by atoms with E-state index < -0.39 is 0 Å². The van der Waals surface area contributed by atoms with Crippen LogP contribution in [0.3, 0.4) is 0 Å². The quantitative estimate of drug-likeness (QED) is 0.628. The number of hydrogen-bond acceptors (Lipinski definition) is 6. The third-order valence-electron chi connectivity index (χ3n) is 5.44. The van der Waals surface area contributed by atoms with Crippen molar-refractivity contribution >= 4 is 53.8 Å². The van der Waals surface area contributed by atoms with E-state index in [1.54, 1.807) is 0 Å². The molecule has 1 aromatic heterocycles. The highest BCUT2D eigenvalue weighted by Gasteiger charge is 2.24. The highest BCUT2D eigenvalue weighted by atomic mass is 35.5. The zero-order valence-electron chi connectivity index (χ0n) is 15.9. The molecule has 11 heteroatoms. The van der Waals surface area contributed by atoms with Gasteiger partial charge in [-0.05, 0) is 44.6 Å². The van der Waals surface area contributed by atoms with Gasteiger partial charge in [0.1, 0.15) is 10.8 Å². The number of piperazine rings is 1. The molecule has 7 nitrogen and oxygen atoms in total. The molecule has 2 heterocycles. The third-order valence-corrected chi connectivity index (χ3v) is 6.16. The van der Waals surface area contributed by atoms with Gasteiger partial charge in [-0.3, -0.25) is 4.90 Å². The number of nitrogens with two attached hydrogens (primary N) is 2. The zero-order chi connectivity index (χ0) is 17.8. The summed E-state index contributed by atoms with van der Waals surface area (Å²) in [6.07, 6.45) is 6.24. The van der Waals surface area contributed by atoms with Gasteiger partial charge in [-0.1, -0.05) is 23.2 Å². The molecule has 2 aliphatic rings. The number of rotatable bonds is 5. The number of aromatic nitrogens is 2. The second kappa shape index (κ2) is 13.2. The smallest absolute Gasteiger partial charge is 0.153 e. The normalized spacial score (nSPS) is 22.6. The molecule has 28 heavy (non-hydrogen) atoms. The molecule has 0 amide bonds. The summed E-state index contributed by atoms with van der Waals surface area (Å²) >= 11 is 12.4. The lowest BCUT2D eigenvalue weighted by atomic mass is 9.84. The fraction of sp³-hybridized carbons (Fsp3) is 0.765. The minimum absolute atomic E-state index is 0. The summed E-state index contributed by atoms with van der Waals surface area (Å²) < 4.78 is 0. The monoisotopic (exact) mass is 476 g/mol. The molecular formula is C17H32Cl4N6O. The summed E-state index contributed by atoms with van der Waals surface area (Å²) in [6, 6.07) is 0.433. The molecule has 0 atom stereocenters. The second-order valence-corrected chi connectivity index (χ2v) is 7.91. The van der Waals surface area contributed by atoms with E-state index >= 15 is 0 Å². The molecule has 1 aliphatic carbocycles. The van der Waals surface area contributed by atoms with Crippen molar-refractivity contribution in [3.63, 3.8) is 0 Å². The molecule has 0 bridgehead atoms. The van der Waals surface area contributed by atoms with Crippen molar-refractivity contribution in [2.24, 2.45) is 17.4 Å². The van der Waals surface area contributed by atoms with Gasteiger partial charge in [0.2, 0.25) is 0 Å². The number of halogens is 4. The van der Waals surface area contributed by atoms with Crippen molar-refractivity contribution < 1.29 is 5.48 Å². The zero-order valence-corrected chi connectivity index (χ0v) is 19.1. The maximum atomic E-state index is 6.30. The molecule has 1 saturated carbocycles. The summed E-state index contributed by atoms with van der Waals surface area (Å²) in [5.41, 5.74) is 11.6. The summed E-state index contributed by atoms with van der Waals surface area (Å²) in [5.74, 6) is 2.09. The van der Waals surface area contributed by atoms with Crippen LogP contribution in [-0.2, 0) is 6.54 Å². The maximum Gasteiger partial charge on any atom is 0.153 e. The van der Waals surface area contributed by atoms with E-state index in [0.717, 1.165) is 32.1 Å². The summed E-state index contributed by atoms with van der Waals surface area (Å²) in [7, 11) is 0. The van der Waals surface area contributed by atoms with Crippen molar-refractivity contribution in [1.29, 1.82) is 0 Å². The van der Waals surface area contributed by atoms with E-state index in [9.17, 15) is 0 Å². The van der Waals surface area contributed by atoms with Crippen LogP contribution in [0.15, 0.2) is 0 Å². The Morgan fingerprint density at radius 3 is 2.14 bits per heavy atom. The predicted molar refractivity (Wildman–Crippen MR) is 121 cm³/mol. The molecule has 0 spiro atoms. The van der Waals surface area contributed by atoms with Crippen molar-refractivity contribution in [2.75, 3.05) is 37.6 Å². The van der Waals surface area contributed by atoms with Gasteiger partial charge in [0, 0.05) is 32.2 Å². The standard InChI is InChI=1S/C17H28Cl2N6.2ClH.H2O/c18-15-16(19)22-14(11-20)23-17(15)25-9-7-24(8-10-25)6-5-12-1-3-13(21)4-2-12;;;/h12-13H,1-11,20-21H2;2*1H;1H2/t12-,13-;;;. The number of hydrogen-bond donors (Lipinski definition) is 2. The molecule has 1 saturated heterocycles. The highest BCUT2D eigenvalue weighted by Crippen LogP contribution is 2.30. The van der Waals surface area contributed by atoms with Crippen LogP contribution >= 0.6 is 48.0 Å². The summed E-state index contributed by atoms with van der Waals surface area (Å²) in [5, 5.41) is 0.705. The Bertz CT molecular complexity index is 581. The van der Waals surface area contributed by atoms with Crippen molar-refractivity contribution in [3.8, 4) is 0 Å². The minimum Gasteiger partial charge on any atom is -0.412 e. The largest absolute Gasteiger partial charge is 0.412 e. The predicted octanol–water partition coefficient (Wildman–Crippen LogP) is 2.29. The Morgan fingerprint density at radius 1 is 0.964 bits per heavy atom. The van der Waals surface area contributed by atoms with Crippen LogP contribution in [0.5, 0.6) is 0 Å². The van der Waals surface area contributed by atoms with Crippen LogP contribution in [0.2, 0.25) is 10.2 Å². The van der Waals surface area contributed by atoms with Gasteiger partial charge in [-0.2, -0.15) is 0 Å². The summed E-state index contributed by atoms with van der Waals surface area (Å²) in [6.45, 7) is 5.25. The van der Waals surface area contributed by atoms with Crippen LogP contribution in [0.1, 0.15) is 37.9 Å². The Hall–Kier alpha value is -0.120. The number of nitrogens with zero attached hydrogens (tertiary/aromatic N) is 4. The van der Waals surface area contributed by atoms with Gasteiger partial charge < -0.3 is 21.8 Å². The molecule has 0 unspecified atom stereocenters. The molecule has 0 aromatic carbocycles. The molecular weight excluding hydrogens is 446 g/mol. The average Bonchev–Trinajstić information content (AvgIpc) is 2.64. The van der Waals surface area contributed by atoms with E-state index in [4.69, 9.17) is 34.7 Å². The van der Waals surface area contributed by atoms with Gasteiger partial charge in [-0.15, -0.1) is 24.8 Å². The topological polar surface area (TPSA) is 116 Å². The molecule has 6 N–H and O–H groups in total. The van der Waals surface area contributed by atoms with E-state index in [2.05, 4.69) is 19.8 Å². The molecule has 1 aliphatic heterocycles. The fourth-order valence-corrected chi connectivity index (χ4v) is 4.16. The Balaban J connectivity index is 0.00000243. The van der Waals surface area contributed by atoms with Crippen molar-refractivity contribution in [2.45, 2.75) is 44.7 Å². The molecule has 2 fully saturated rings. The lowest BCUT2D eigenvalue weighted by Gasteiger charge is -2.37. The van der Waals surface area contributed by atoms with Crippen LogP contribution in [0.4, 0.5) is 5.82 Å². The third kappa shape index (κ3) is 7.29. The van der Waals surface area contributed by atoms with Crippen LogP contribution < -0.4 is 16.4 Å². The lowest BCUT2D eigenvalue weighted by molar-refractivity contribution is 0.216. The first-order chi connectivity index (χ1) is 12.1. The van der Waals surface area contributed by atoms with Gasteiger partial charge in [0.05, 0.1) is 6.54 Å². The Labute approximate surface area is 189 Å². The highest BCUT2D eigenvalue weighted by molar-refractivity contribution is 6.42. The van der Waals surface area contributed by atoms with Crippen molar-refractivity contribution in [3.05, 3.63) is 16.0 Å². The number of anilines is 1. The minimum atomic E-state index is 0. The van der Waals surface area contributed by atoms with E-state index in [-0.39, 0.29) is 42.0 Å². The maximum absolute atomic E-state index is 6.30. The SMILES string of the molecule is Cl.Cl.NCc1nc(Cl)c(Cl)c(N2CCN(CC[C@H]3CC[C@H](N)CC3)CC2)n1.O. The first kappa shape index (κ1) is 27.9. The van der Waals surface area contributed by atoms with E-state index in [0.29, 0.717) is 22.7 Å². The first-order valence-corrected chi connectivity index (χ1v) is 9.97. The van der Waals surface area contributed by atoms with Gasteiger partial charge in [0.25, 0.3) is 0 Å².